The second-order valence-electron chi connectivity index (χ2n) is 4.97. The second kappa shape index (κ2) is 13.2. The van der Waals surface area contributed by atoms with Gasteiger partial charge in [0.25, 0.3) is 0 Å². The Morgan fingerprint density at radius 3 is 2.45 bits per heavy atom. The quantitative estimate of drug-likeness (QED) is 0.332. The number of anilines is 1. The molecule has 6 heteroatoms. The zero-order valence-corrected chi connectivity index (χ0v) is 14.6. The Labute approximate surface area is 138 Å². The van der Waals surface area contributed by atoms with Crippen molar-refractivity contribution >= 4 is 23.5 Å². The van der Waals surface area contributed by atoms with Crippen LogP contribution in [0.3, 0.4) is 0 Å². The van der Waals surface area contributed by atoms with Crippen LogP contribution in [-0.4, -0.2) is 49.6 Å². The van der Waals surface area contributed by atoms with Crippen LogP contribution in [0.15, 0.2) is 29.4 Å². The molecule has 1 aromatic heterocycles. The van der Waals surface area contributed by atoms with E-state index in [0.29, 0.717) is 0 Å². The Balaban J connectivity index is 1.97. The van der Waals surface area contributed by atoms with E-state index < -0.39 is 0 Å². The molecule has 0 spiro atoms. The molecule has 5 nitrogen and oxygen atoms in total. The van der Waals surface area contributed by atoms with Gasteiger partial charge >= 0.3 is 0 Å². The smallest absolute Gasteiger partial charge is 0.190 e. The Morgan fingerprint density at radius 2 is 1.82 bits per heavy atom. The summed E-state index contributed by atoms with van der Waals surface area (Å²) in [6.07, 6.45) is 8.61. The van der Waals surface area contributed by atoms with Crippen molar-refractivity contribution in [2.45, 2.75) is 25.7 Å². The first-order chi connectivity index (χ1) is 10.9. The van der Waals surface area contributed by atoms with Gasteiger partial charge in [0.05, 0.1) is 0 Å². The van der Waals surface area contributed by atoms with Crippen LogP contribution in [0.5, 0.6) is 0 Å². The van der Waals surface area contributed by atoms with E-state index in [4.69, 9.17) is 0 Å². The molecule has 1 aromatic rings. The molecule has 3 N–H and O–H groups in total. The van der Waals surface area contributed by atoms with Crippen molar-refractivity contribution < 1.29 is 0 Å². The lowest BCUT2D eigenvalue weighted by Gasteiger charge is -2.11. The number of guanidine groups is 1. The van der Waals surface area contributed by atoms with Gasteiger partial charge in [0.15, 0.2) is 5.96 Å². The van der Waals surface area contributed by atoms with Crippen molar-refractivity contribution in [3.8, 4) is 0 Å². The molecule has 124 valence electrons. The fraction of sp³-hybridized carbons (Fsp3) is 0.625. The van der Waals surface area contributed by atoms with Crippen LogP contribution in [0.25, 0.3) is 0 Å². The molecule has 0 aliphatic rings. The summed E-state index contributed by atoms with van der Waals surface area (Å²) in [6.45, 7) is 2.87. The first-order valence-corrected chi connectivity index (χ1v) is 9.34. The lowest BCUT2D eigenvalue weighted by atomic mass is 10.3. The van der Waals surface area contributed by atoms with E-state index in [-0.39, 0.29) is 0 Å². The molecule has 1 rings (SSSR count). The largest absolute Gasteiger partial charge is 0.370 e. The third kappa shape index (κ3) is 9.50. The van der Waals surface area contributed by atoms with Crippen molar-refractivity contribution in [2.75, 3.05) is 44.0 Å². The Bertz CT molecular complexity index is 397. The SMILES string of the molecule is CN=C(NCCCCNc1ccccn1)NCCCCSC. The topological polar surface area (TPSA) is 61.3 Å². The van der Waals surface area contributed by atoms with Crippen molar-refractivity contribution in [3.05, 3.63) is 24.4 Å². The summed E-state index contributed by atoms with van der Waals surface area (Å²) in [5.74, 6) is 3.08. The number of nitrogens with zero attached hydrogens (tertiary/aromatic N) is 2. The number of aliphatic imine (C=N–C) groups is 1. The molecule has 0 saturated heterocycles. The van der Waals surface area contributed by atoms with Gasteiger partial charge in [-0.25, -0.2) is 4.98 Å². The fourth-order valence-corrected chi connectivity index (χ4v) is 2.43. The van der Waals surface area contributed by atoms with Crippen LogP contribution >= 0.6 is 11.8 Å². The first-order valence-electron chi connectivity index (χ1n) is 7.95. The normalized spacial score (nSPS) is 11.3. The molecular formula is C16H29N5S. The number of thioether (sulfide) groups is 1. The highest BCUT2D eigenvalue weighted by Crippen LogP contribution is 2.00. The maximum Gasteiger partial charge on any atom is 0.190 e. The van der Waals surface area contributed by atoms with Crippen LogP contribution in [0.4, 0.5) is 5.82 Å². The van der Waals surface area contributed by atoms with Crippen molar-refractivity contribution in [1.82, 2.24) is 15.6 Å². The molecule has 0 radical (unpaired) electrons. The number of unbranched alkanes of at least 4 members (excludes halogenated alkanes) is 2. The van der Waals surface area contributed by atoms with Crippen LogP contribution in [0, 0.1) is 0 Å². The van der Waals surface area contributed by atoms with Crippen molar-refractivity contribution in [3.63, 3.8) is 0 Å². The fourth-order valence-electron chi connectivity index (χ4n) is 1.94. The molecule has 0 unspecified atom stereocenters. The summed E-state index contributed by atoms with van der Waals surface area (Å²) < 4.78 is 0. The van der Waals surface area contributed by atoms with Crippen LogP contribution < -0.4 is 16.0 Å². The van der Waals surface area contributed by atoms with E-state index in [2.05, 4.69) is 32.2 Å². The maximum atomic E-state index is 4.24. The molecule has 0 bridgehead atoms. The predicted octanol–water partition coefficient (Wildman–Crippen LogP) is 2.58. The summed E-state index contributed by atoms with van der Waals surface area (Å²) in [5, 5.41) is 10.0. The molecule has 0 atom stereocenters. The number of hydrogen-bond donors (Lipinski definition) is 3. The van der Waals surface area contributed by atoms with Gasteiger partial charge < -0.3 is 16.0 Å². The molecule has 0 aliphatic carbocycles. The van der Waals surface area contributed by atoms with E-state index in [0.717, 1.165) is 44.3 Å². The summed E-state index contributed by atoms with van der Waals surface area (Å²) in [5.41, 5.74) is 0. The van der Waals surface area contributed by atoms with Gasteiger partial charge in [0.1, 0.15) is 5.82 Å². The minimum Gasteiger partial charge on any atom is -0.370 e. The zero-order valence-electron chi connectivity index (χ0n) is 13.8. The van der Waals surface area contributed by atoms with Gasteiger partial charge in [-0.3, -0.25) is 4.99 Å². The molecule has 0 saturated carbocycles. The van der Waals surface area contributed by atoms with Crippen LogP contribution in [0.2, 0.25) is 0 Å². The Morgan fingerprint density at radius 1 is 1.09 bits per heavy atom. The predicted molar refractivity (Wildman–Crippen MR) is 98.9 cm³/mol. The van der Waals surface area contributed by atoms with E-state index in [1.165, 1.54) is 18.6 Å². The van der Waals surface area contributed by atoms with Crippen LogP contribution in [-0.2, 0) is 0 Å². The summed E-state index contributed by atoms with van der Waals surface area (Å²) >= 11 is 1.90. The van der Waals surface area contributed by atoms with E-state index in [1.807, 2.05) is 37.0 Å². The van der Waals surface area contributed by atoms with Gasteiger partial charge in [0, 0.05) is 32.9 Å². The maximum absolute atomic E-state index is 4.24. The molecule has 0 fully saturated rings. The van der Waals surface area contributed by atoms with Crippen LogP contribution in [0.1, 0.15) is 25.7 Å². The summed E-state index contributed by atoms with van der Waals surface area (Å²) in [7, 11) is 1.82. The third-order valence-corrected chi connectivity index (χ3v) is 3.86. The van der Waals surface area contributed by atoms with Gasteiger partial charge in [-0.15, -0.1) is 0 Å². The monoisotopic (exact) mass is 323 g/mol. The van der Waals surface area contributed by atoms with E-state index >= 15 is 0 Å². The number of aromatic nitrogens is 1. The van der Waals surface area contributed by atoms with Gasteiger partial charge in [0.2, 0.25) is 0 Å². The lowest BCUT2D eigenvalue weighted by Crippen LogP contribution is -2.38. The van der Waals surface area contributed by atoms with Gasteiger partial charge in [-0.1, -0.05) is 6.07 Å². The van der Waals surface area contributed by atoms with Crippen molar-refractivity contribution in [1.29, 1.82) is 0 Å². The second-order valence-corrected chi connectivity index (χ2v) is 5.96. The molecule has 0 amide bonds. The van der Waals surface area contributed by atoms with Crippen molar-refractivity contribution in [2.24, 2.45) is 4.99 Å². The Hall–Kier alpha value is -1.43. The molecule has 1 heterocycles. The highest BCUT2D eigenvalue weighted by molar-refractivity contribution is 7.98. The number of pyridine rings is 1. The summed E-state index contributed by atoms with van der Waals surface area (Å²) in [4.78, 5) is 8.47. The molecule has 0 aliphatic heterocycles. The highest BCUT2D eigenvalue weighted by Gasteiger charge is 1.97. The summed E-state index contributed by atoms with van der Waals surface area (Å²) in [6, 6.07) is 5.90. The molecule has 0 aromatic carbocycles. The minimum atomic E-state index is 0.904. The third-order valence-electron chi connectivity index (χ3n) is 3.16. The molecule has 22 heavy (non-hydrogen) atoms. The standard InChI is InChI=1S/C16H29N5S/c1-17-16(21-13-7-8-14-22-2)20-12-6-5-11-19-15-9-3-4-10-18-15/h3-4,9-10H,5-8,11-14H2,1-2H3,(H,18,19)(H2,17,20,21). The number of rotatable bonds is 11. The van der Waals surface area contributed by atoms with E-state index in [9.17, 15) is 0 Å². The zero-order chi connectivity index (χ0) is 15.9. The lowest BCUT2D eigenvalue weighted by molar-refractivity contribution is 0.696. The van der Waals surface area contributed by atoms with Gasteiger partial charge in [-0.2, -0.15) is 11.8 Å². The van der Waals surface area contributed by atoms with Gasteiger partial charge in [-0.05, 0) is 49.8 Å². The number of hydrogen-bond acceptors (Lipinski definition) is 4. The first kappa shape index (κ1) is 18.6. The average Bonchev–Trinajstić information content (AvgIpc) is 2.56. The minimum absolute atomic E-state index is 0.904. The average molecular weight is 324 g/mol. The number of nitrogens with one attached hydrogen (secondary N) is 3. The molecular weight excluding hydrogens is 294 g/mol. The highest BCUT2D eigenvalue weighted by atomic mass is 32.2. The Kier molecular flexibility index (Phi) is 11.2. The van der Waals surface area contributed by atoms with E-state index in [1.54, 1.807) is 6.20 Å².